The monoisotopic (exact) mass is 500 g/mol. The fraction of sp³-hybridized carbons (Fsp3) is 0.250. The molecule has 3 aromatic rings. The number of carbonyl (C=O) groups is 1. The van der Waals surface area contributed by atoms with Crippen LogP contribution in [-0.4, -0.2) is 52.6 Å². The summed E-state index contributed by atoms with van der Waals surface area (Å²) in [4.78, 5) is 19.5. The second-order valence-corrected chi connectivity index (χ2v) is 8.51. The van der Waals surface area contributed by atoms with E-state index >= 15 is 0 Å². The molecule has 34 heavy (non-hydrogen) atoms. The molecule has 0 saturated heterocycles. The molecule has 2 atom stereocenters. The number of hydrogen-bond acceptors (Lipinski definition) is 7. The van der Waals surface area contributed by atoms with E-state index < -0.39 is 17.5 Å². The Kier molecular flexibility index (Phi) is 7.74. The van der Waals surface area contributed by atoms with Crippen molar-refractivity contribution in [3.05, 3.63) is 65.0 Å². The first kappa shape index (κ1) is 24.1. The van der Waals surface area contributed by atoms with Gasteiger partial charge in [0.05, 0.1) is 18.4 Å². The Morgan fingerprint density at radius 1 is 1.24 bits per heavy atom. The van der Waals surface area contributed by atoms with E-state index in [1.807, 2.05) is 42.5 Å². The lowest BCUT2D eigenvalue weighted by molar-refractivity contribution is -0.136. The highest BCUT2D eigenvalue weighted by molar-refractivity contribution is 6.33. The van der Waals surface area contributed by atoms with E-state index in [0.717, 1.165) is 22.3 Å². The van der Waals surface area contributed by atoms with Crippen molar-refractivity contribution >= 4 is 41.0 Å². The quantitative estimate of drug-likeness (QED) is 0.410. The van der Waals surface area contributed by atoms with Gasteiger partial charge in [0.2, 0.25) is 5.82 Å². The van der Waals surface area contributed by atoms with Gasteiger partial charge in [0.1, 0.15) is 6.17 Å². The van der Waals surface area contributed by atoms with Crippen LogP contribution in [0.3, 0.4) is 0 Å². The van der Waals surface area contributed by atoms with Crippen LogP contribution in [0.5, 0.6) is 0 Å². The van der Waals surface area contributed by atoms with Gasteiger partial charge in [0.25, 0.3) is 5.89 Å². The van der Waals surface area contributed by atoms with Crippen LogP contribution in [0, 0.1) is 0 Å². The Morgan fingerprint density at radius 3 is 2.79 bits per heavy atom. The topological polar surface area (TPSA) is 110 Å². The van der Waals surface area contributed by atoms with E-state index in [1.165, 1.54) is 0 Å². The zero-order valence-electron chi connectivity index (χ0n) is 18.2. The number of carboxylic acids is 1. The number of methoxy groups -OCH3 is 1. The summed E-state index contributed by atoms with van der Waals surface area (Å²) in [5.74, 6) is -0.181. The molecule has 2 N–H and O–H groups in total. The van der Waals surface area contributed by atoms with Crippen molar-refractivity contribution in [2.45, 2.75) is 24.6 Å². The smallest absolute Gasteiger partial charge is 0.304 e. The van der Waals surface area contributed by atoms with E-state index in [9.17, 15) is 4.79 Å². The van der Waals surface area contributed by atoms with Crippen molar-refractivity contribution < 1.29 is 19.2 Å². The number of hydrogen-bond donors (Lipinski definition) is 2. The Hall–Kier alpha value is -3.04. The van der Waals surface area contributed by atoms with E-state index in [-0.39, 0.29) is 13.0 Å². The number of halogens is 2. The van der Waals surface area contributed by atoms with Crippen molar-refractivity contribution in [2.75, 3.05) is 13.7 Å². The van der Waals surface area contributed by atoms with Crippen molar-refractivity contribution in [3.8, 4) is 22.6 Å². The highest BCUT2D eigenvalue weighted by Crippen LogP contribution is 2.33. The number of ether oxygens (including phenoxy) is 1. The molecule has 1 aliphatic rings. The molecule has 8 nitrogen and oxygen atoms in total. The number of aliphatic carboxylic acids is 1. The number of aromatic nitrogens is 2. The third-order valence-electron chi connectivity index (χ3n) is 5.21. The molecule has 0 fully saturated rings. The summed E-state index contributed by atoms with van der Waals surface area (Å²) in [6, 6.07) is 13.4. The average Bonchev–Trinajstić information content (AvgIpc) is 3.31. The van der Waals surface area contributed by atoms with Crippen molar-refractivity contribution in [2.24, 2.45) is 4.99 Å². The predicted octanol–water partition coefficient (Wildman–Crippen LogP) is 4.67. The molecule has 1 aromatic heterocycles. The number of alkyl halides is 1. The second-order valence-electron chi connectivity index (χ2n) is 7.60. The minimum Gasteiger partial charge on any atom is -0.481 e. The van der Waals surface area contributed by atoms with Gasteiger partial charge in [0, 0.05) is 41.6 Å². The first-order chi connectivity index (χ1) is 16.5. The number of carboxylic acid groups (broad SMARTS) is 1. The summed E-state index contributed by atoms with van der Waals surface area (Å²) in [5, 5.41) is 16.0. The fourth-order valence-corrected chi connectivity index (χ4v) is 4.10. The average molecular weight is 501 g/mol. The molecule has 0 saturated carbocycles. The lowest BCUT2D eigenvalue weighted by Crippen LogP contribution is -2.37. The standard InChI is InChI=1S/C24H22Cl2N4O4/c1-33-13-16-10-14(6-7-17(16)18-4-2-3-5-19(18)25)24-29-22(30-34-24)15-11-20(26)23(28-12-15)27-9-8-21(31)32/h2-7,10-12,20,23,27H,8-9,13H2,1H3,(H,31,32). The number of aliphatic imine (C=N–C) groups is 1. The lowest BCUT2D eigenvalue weighted by atomic mass is 9.97. The summed E-state index contributed by atoms with van der Waals surface area (Å²) in [6.07, 6.45) is 2.92. The number of dihydropyridines is 1. The van der Waals surface area contributed by atoms with Gasteiger partial charge < -0.3 is 14.4 Å². The highest BCUT2D eigenvalue weighted by atomic mass is 35.5. The van der Waals surface area contributed by atoms with E-state index in [1.54, 1.807) is 19.4 Å². The van der Waals surface area contributed by atoms with E-state index in [0.29, 0.717) is 28.9 Å². The highest BCUT2D eigenvalue weighted by Gasteiger charge is 2.23. The van der Waals surface area contributed by atoms with Crippen LogP contribution in [0.2, 0.25) is 5.02 Å². The van der Waals surface area contributed by atoms with Crippen LogP contribution in [0.15, 0.2) is 58.1 Å². The van der Waals surface area contributed by atoms with Gasteiger partial charge in [-0.1, -0.05) is 47.1 Å². The maximum absolute atomic E-state index is 10.7. The molecule has 176 valence electrons. The molecule has 0 radical (unpaired) electrons. The number of nitrogens with one attached hydrogen (secondary N) is 1. The molecule has 0 bridgehead atoms. The molecule has 4 rings (SSSR count). The van der Waals surface area contributed by atoms with Crippen LogP contribution in [-0.2, 0) is 16.1 Å². The third kappa shape index (κ3) is 5.53. The van der Waals surface area contributed by atoms with Crippen LogP contribution >= 0.6 is 23.2 Å². The number of allylic oxidation sites excluding steroid dienone is 1. The van der Waals surface area contributed by atoms with Gasteiger partial charge in [0.15, 0.2) is 0 Å². The molecular weight excluding hydrogens is 479 g/mol. The summed E-state index contributed by atoms with van der Waals surface area (Å²) >= 11 is 12.8. The van der Waals surface area contributed by atoms with E-state index in [4.69, 9.17) is 37.6 Å². The predicted molar refractivity (Wildman–Crippen MR) is 131 cm³/mol. The Morgan fingerprint density at radius 2 is 2.06 bits per heavy atom. The maximum Gasteiger partial charge on any atom is 0.304 e. The molecule has 10 heteroatoms. The molecule has 0 spiro atoms. The summed E-state index contributed by atoms with van der Waals surface area (Å²) < 4.78 is 10.9. The van der Waals surface area contributed by atoms with Gasteiger partial charge >= 0.3 is 5.97 Å². The van der Waals surface area contributed by atoms with Gasteiger partial charge in [-0.25, -0.2) is 0 Å². The zero-order chi connectivity index (χ0) is 24.1. The second kappa shape index (κ2) is 10.9. The minimum atomic E-state index is -0.887. The molecule has 0 amide bonds. The molecule has 2 unspecified atom stereocenters. The third-order valence-corrected chi connectivity index (χ3v) is 5.90. The number of benzene rings is 2. The first-order valence-electron chi connectivity index (χ1n) is 10.5. The number of nitrogens with zero attached hydrogens (tertiary/aromatic N) is 3. The minimum absolute atomic E-state index is 0.0132. The Bertz CT molecular complexity index is 1240. The molecule has 1 aliphatic heterocycles. The van der Waals surface area contributed by atoms with Gasteiger partial charge in [-0.3, -0.25) is 15.1 Å². The van der Waals surface area contributed by atoms with Crippen LogP contribution < -0.4 is 5.32 Å². The molecule has 2 heterocycles. The first-order valence-corrected chi connectivity index (χ1v) is 11.3. The largest absolute Gasteiger partial charge is 0.481 e. The molecule has 2 aromatic carbocycles. The van der Waals surface area contributed by atoms with E-state index in [2.05, 4.69) is 20.4 Å². The lowest BCUT2D eigenvalue weighted by Gasteiger charge is -2.20. The van der Waals surface area contributed by atoms with Crippen LogP contribution in [0.1, 0.15) is 17.8 Å². The Labute approximate surface area is 206 Å². The fourth-order valence-electron chi connectivity index (χ4n) is 3.58. The normalized spacial score (nSPS) is 17.6. The van der Waals surface area contributed by atoms with Crippen LogP contribution in [0.25, 0.3) is 28.2 Å². The number of rotatable bonds is 9. The van der Waals surface area contributed by atoms with Crippen molar-refractivity contribution in [1.29, 1.82) is 0 Å². The van der Waals surface area contributed by atoms with Gasteiger partial charge in [-0.15, -0.1) is 11.6 Å². The van der Waals surface area contributed by atoms with Gasteiger partial charge in [-0.2, -0.15) is 4.98 Å². The maximum atomic E-state index is 10.7. The zero-order valence-corrected chi connectivity index (χ0v) is 19.8. The van der Waals surface area contributed by atoms with Crippen molar-refractivity contribution in [3.63, 3.8) is 0 Å². The molecular formula is C24H22Cl2N4O4. The van der Waals surface area contributed by atoms with Gasteiger partial charge in [-0.05, 0) is 29.3 Å². The Balaban J connectivity index is 1.54. The van der Waals surface area contributed by atoms with Crippen molar-refractivity contribution in [1.82, 2.24) is 15.5 Å². The SMILES string of the molecule is COCc1cc(-c2nc(C3=CC(Cl)C(NCCC(=O)O)N=C3)no2)ccc1-c1ccccc1Cl. The summed E-state index contributed by atoms with van der Waals surface area (Å²) in [6.45, 7) is 0.654. The van der Waals surface area contributed by atoms with Crippen LogP contribution in [0.4, 0.5) is 0 Å². The summed E-state index contributed by atoms with van der Waals surface area (Å²) in [5.41, 5.74) is 4.17. The summed E-state index contributed by atoms with van der Waals surface area (Å²) in [7, 11) is 1.63. The molecule has 0 aliphatic carbocycles.